The fourth-order valence-electron chi connectivity index (χ4n) is 3.35. The van der Waals surface area contributed by atoms with Gasteiger partial charge in [0, 0.05) is 18.7 Å². The van der Waals surface area contributed by atoms with E-state index in [9.17, 15) is 14.4 Å². The smallest absolute Gasteiger partial charge is 0.295 e. The first kappa shape index (κ1) is 20.1. The largest absolute Gasteiger partial charge is 0.318 e. The second kappa shape index (κ2) is 8.27. The van der Waals surface area contributed by atoms with E-state index < -0.39 is 11.5 Å². The summed E-state index contributed by atoms with van der Waals surface area (Å²) in [6.45, 7) is 1.44. The molecule has 0 unspecified atom stereocenters. The Hall–Kier alpha value is -4.20. The Bertz CT molecular complexity index is 1350. The van der Waals surface area contributed by atoms with Crippen LogP contribution in [0.4, 0.5) is 5.69 Å². The number of carbonyl (C=O) groups excluding carboxylic acids is 1. The van der Waals surface area contributed by atoms with Gasteiger partial charge in [-0.25, -0.2) is 9.36 Å². The molecule has 8 nitrogen and oxygen atoms in total. The molecule has 0 aliphatic rings. The van der Waals surface area contributed by atoms with Crippen LogP contribution < -0.4 is 16.4 Å². The fraction of sp³-hybridized carbons (Fsp3) is 0.130. The molecule has 0 aliphatic heterocycles. The van der Waals surface area contributed by atoms with Crippen molar-refractivity contribution in [2.24, 2.45) is 7.05 Å². The Balaban J connectivity index is 1.61. The number of anilines is 1. The maximum absolute atomic E-state index is 12.9. The molecule has 4 rings (SSSR count). The Morgan fingerprint density at radius 2 is 1.58 bits per heavy atom. The molecule has 156 valence electrons. The summed E-state index contributed by atoms with van der Waals surface area (Å²) in [6, 6.07) is 21.5. The standard InChI is InChI=1S/C23H21N5O3/c1-16-22(23(31)28(26(16)2)18-11-7-4-8-12-18)24-20(29)15-27-21(30)14-13-19(25-27)17-9-5-3-6-10-17/h3-14H,15H2,1-2H3,(H,24,29). The Labute approximate surface area is 178 Å². The van der Waals surface area contributed by atoms with Gasteiger partial charge in [-0.2, -0.15) is 5.10 Å². The average Bonchev–Trinajstić information content (AvgIpc) is 2.99. The van der Waals surface area contributed by atoms with E-state index >= 15 is 0 Å². The number of aromatic nitrogens is 4. The molecule has 2 aromatic carbocycles. The normalized spacial score (nSPS) is 10.8. The van der Waals surface area contributed by atoms with Gasteiger partial charge in [0.15, 0.2) is 0 Å². The van der Waals surface area contributed by atoms with Gasteiger partial charge in [0.05, 0.1) is 17.1 Å². The van der Waals surface area contributed by atoms with Crippen LogP contribution in [0.15, 0.2) is 82.4 Å². The van der Waals surface area contributed by atoms with Crippen molar-refractivity contribution in [2.75, 3.05) is 5.32 Å². The van der Waals surface area contributed by atoms with Crippen molar-refractivity contribution < 1.29 is 4.79 Å². The minimum absolute atomic E-state index is 0.170. The molecule has 1 N–H and O–H groups in total. The lowest BCUT2D eigenvalue weighted by atomic mass is 10.1. The molecule has 0 spiro atoms. The van der Waals surface area contributed by atoms with E-state index in [0.29, 0.717) is 17.1 Å². The van der Waals surface area contributed by atoms with Crippen LogP contribution in [-0.2, 0) is 18.4 Å². The molecular formula is C23H21N5O3. The van der Waals surface area contributed by atoms with Gasteiger partial charge in [0.1, 0.15) is 12.2 Å². The predicted octanol–water partition coefficient (Wildman–Crippen LogP) is 2.35. The maximum atomic E-state index is 12.9. The minimum Gasteiger partial charge on any atom is -0.318 e. The third-order valence-corrected chi connectivity index (χ3v) is 5.05. The minimum atomic E-state index is -0.508. The molecule has 1 amide bonds. The van der Waals surface area contributed by atoms with Crippen molar-refractivity contribution in [3.05, 3.63) is 99.2 Å². The van der Waals surface area contributed by atoms with Crippen LogP contribution in [0.25, 0.3) is 16.9 Å². The van der Waals surface area contributed by atoms with Crippen molar-refractivity contribution in [2.45, 2.75) is 13.5 Å². The number of nitrogens with zero attached hydrogens (tertiary/aromatic N) is 4. The molecule has 0 atom stereocenters. The van der Waals surface area contributed by atoms with E-state index in [0.717, 1.165) is 10.2 Å². The first-order valence-corrected chi connectivity index (χ1v) is 9.73. The summed E-state index contributed by atoms with van der Waals surface area (Å²) in [4.78, 5) is 37.8. The zero-order valence-corrected chi connectivity index (χ0v) is 17.1. The number of hydrogen-bond donors (Lipinski definition) is 1. The monoisotopic (exact) mass is 415 g/mol. The lowest BCUT2D eigenvalue weighted by Crippen LogP contribution is -2.30. The van der Waals surface area contributed by atoms with Crippen LogP contribution in [-0.4, -0.2) is 25.1 Å². The number of rotatable bonds is 5. The number of carbonyl (C=O) groups is 1. The third-order valence-electron chi connectivity index (χ3n) is 5.05. The summed E-state index contributed by atoms with van der Waals surface area (Å²) in [5.41, 5.74) is 2.12. The molecule has 0 saturated heterocycles. The number of para-hydroxylation sites is 1. The third kappa shape index (κ3) is 3.95. The van der Waals surface area contributed by atoms with Crippen molar-refractivity contribution in [1.82, 2.24) is 19.1 Å². The molecule has 0 radical (unpaired) electrons. The SMILES string of the molecule is Cc1c(NC(=O)Cn2nc(-c3ccccc3)ccc2=O)c(=O)n(-c2ccccc2)n1C. The highest BCUT2D eigenvalue weighted by Crippen LogP contribution is 2.15. The van der Waals surface area contributed by atoms with Crippen LogP contribution in [0, 0.1) is 6.92 Å². The highest BCUT2D eigenvalue weighted by Gasteiger charge is 2.18. The highest BCUT2D eigenvalue weighted by molar-refractivity contribution is 5.91. The molecule has 0 bridgehead atoms. The number of amides is 1. The van der Waals surface area contributed by atoms with E-state index in [-0.39, 0.29) is 17.8 Å². The Kier molecular flexibility index (Phi) is 5.36. The van der Waals surface area contributed by atoms with Gasteiger partial charge in [-0.15, -0.1) is 0 Å². The molecule has 8 heteroatoms. The zero-order chi connectivity index (χ0) is 22.0. The van der Waals surface area contributed by atoms with Gasteiger partial charge in [-0.05, 0) is 25.1 Å². The molecule has 2 heterocycles. The molecule has 0 aliphatic carbocycles. The Morgan fingerprint density at radius 3 is 2.26 bits per heavy atom. The quantitative estimate of drug-likeness (QED) is 0.542. The second-order valence-electron chi connectivity index (χ2n) is 7.07. The summed E-state index contributed by atoms with van der Waals surface area (Å²) in [6.07, 6.45) is 0. The van der Waals surface area contributed by atoms with E-state index in [4.69, 9.17) is 0 Å². The second-order valence-corrected chi connectivity index (χ2v) is 7.07. The van der Waals surface area contributed by atoms with E-state index in [1.807, 2.05) is 60.7 Å². The highest BCUT2D eigenvalue weighted by atomic mass is 16.2. The van der Waals surface area contributed by atoms with Crippen LogP contribution in [0.3, 0.4) is 0 Å². The summed E-state index contributed by atoms with van der Waals surface area (Å²) in [5.74, 6) is -0.508. The summed E-state index contributed by atoms with van der Waals surface area (Å²) in [7, 11) is 1.74. The van der Waals surface area contributed by atoms with Crippen molar-refractivity contribution in [3.63, 3.8) is 0 Å². The average molecular weight is 415 g/mol. The van der Waals surface area contributed by atoms with Gasteiger partial charge in [0.2, 0.25) is 5.91 Å². The number of benzene rings is 2. The molecule has 4 aromatic rings. The molecule has 0 fully saturated rings. The first-order valence-electron chi connectivity index (χ1n) is 9.73. The van der Waals surface area contributed by atoms with Crippen molar-refractivity contribution in [1.29, 1.82) is 0 Å². The van der Waals surface area contributed by atoms with Crippen LogP contribution in [0.1, 0.15) is 5.69 Å². The fourth-order valence-corrected chi connectivity index (χ4v) is 3.35. The molecule has 0 saturated carbocycles. The number of nitrogens with one attached hydrogen (secondary N) is 1. The molecular weight excluding hydrogens is 394 g/mol. The van der Waals surface area contributed by atoms with E-state index in [1.165, 1.54) is 10.7 Å². The van der Waals surface area contributed by atoms with Crippen molar-refractivity contribution in [3.8, 4) is 16.9 Å². The number of hydrogen-bond acceptors (Lipinski definition) is 4. The van der Waals surface area contributed by atoms with E-state index in [1.54, 1.807) is 24.7 Å². The first-order chi connectivity index (χ1) is 15.0. The van der Waals surface area contributed by atoms with Crippen molar-refractivity contribution >= 4 is 11.6 Å². The van der Waals surface area contributed by atoms with E-state index in [2.05, 4.69) is 10.4 Å². The topological polar surface area (TPSA) is 90.9 Å². The van der Waals surface area contributed by atoms with Gasteiger partial charge in [0.25, 0.3) is 11.1 Å². The predicted molar refractivity (Wildman–Crippen MR) is 118 cm³/mol. The summed E-state index contributed by atoms with van der Waals surface area (Å²) < 4.78 is 4.24. The summed E-state index contributed by atoms with van der Waals surface area (Å²) in [5, 5.41) is 6.95. The lowest BCUT2D eigenvalue weighted by molar-refractivity contribution is -0.117. The van der Waals surface area contributed by atoms with Gasteiger partial charge >= 0.3 is 0 Å². The maximum Gasteiger partial charge on any atom is 0.295 e. The molecule has 2 aromatic heterocycles. The van der Waals surface area contributed by atoms with Gasteiger partial charge in [-0.3, -0.25) is 19.1 Å². The zero-order valence-electron chi connectivity index (χ0n) is 17.1. The molecule has 31 heavy (non-hydrogen) atoms. The van der Waals surface area contributed by atoms with Crippen LogP contribution >= 0.6 is 0 Å². The Morgan fingerprint density at radius 1 is 0.935 bits per heavy atom. The lowest BCUT2D eigenvalue weighted by Gasteiger charge is -2.08. The van der Waals surface area contributed by atoms with Gasteiger partial charge < -0.3 is 5.32 Å². The van der Waals surface area contributed by atoms with Crippen LogP contribution in [0.2, 0.25) is 0 Å². The van der Waals surface area contributed by atoms with Gasteiger partial charge in [-0.1, -0.05) is 48.5 Å². The van der Waals surface area contributed by atoms with Crippen LogP contribution in [0.5, 0.6) is 0 Å². The summed E-state index contributed by atoms with van der Waals surface area (Å²) >= 11 is 0.